The number of allylic oxidation sites excluding steroid dienone is 1. The van der Waals surface area contributed by atoms with Gasteiger partial charge in [0.25, 0.3) is 11.8 Å². The maximum atomic E-state index is 13.6. The van der Waals surface area contributed by atoms with Crippen molar-refractivity contribution in [3.05, 3.63) is 46.0 Å². The highest BCUT2D eigenvalue weighted by Gasteiger charge is 2.35. The number of alkyl halides is 3. The van der Waals surface area contributed by atoms with Gasteiger partial charge in [0.1, 0.15) is 0 Å². The zero-order valence-corrected chi connectivity index (χ0v) is 23.3. The molecule has 2 amide bonds. The number of piperidine rings is 1. The Hall–Kier alpha value is -2.59. The van der Waals surface area contributed by atoms with Crippen molar-refractivity contribution in [1.82, 2.24) is 14.8 Å². The lowest BCUT2D eigenvalue weighted by atomic mass is 9.90. The summed E-state index contributed by atoms with van der Waals surface area (Å²) in [6, 6.07) is 5.94. The number of hydrogen-bond acceptors (Lipinski definition) is 4. The summed E-state index contributed by atoms with van der Waals surface area (Å²) in [5.74, 6) is -0.809. The smallest absolute Gasteiger partial charge is 0.351 e. The van der Waals surface area contributed by atoms with E-state index in [0.717, 1.165) is 27.1 Å². The molecule has 38 heavy (non-hydrogen) atoms. The Balaban J connectivity index is 1.58. The second-order valence-corrected chi connectivity index (χ2v) is 11.3. The number of halogens is 3. The number of aliphatic imine (C=N–C) groups is 1. The maximum Gasteiger partial charge on any atom is 0.401 e. The number of aryl methyl sites for hydroxylation is 1. The van der Waals surface area contributed by atoms with Gasteiger partial charge in [0.05, 0.1) is 18.0 Å². The number of thioether (sulfide) groups is 1. The van der Waals surface area contributed by atoms with Crippen LogP contribution in [0, 0.1) is 25.7 Å². The normalized spacial score (nSPS) is 20.4. The van der Waals surface area contributed by atoms with E-state index in [-0.39, 0.29) is 30.3 Å². The van der Waals surface area contributed by atoms with Crippen LogP contribution in [0.5, 0.6) is 0 Å². The number of dihydropyridines is 1. The minimum absolute atomic E-state index is 0.0112. The highest BCUT2D eigenvalue weighted by molar-refractivity contribution is 8.02. The van der Waals surface area contributed by atoms with E-state index in [1.807, 2.05) is 44.4 Å². The molecule has 0 saturated carbocycles. The summed E-state index contributed by atoms with van der Waals surface area (Å²) in [5, 5.41) is 3.86. The number of rotatable bonds is 7. The first-order valence-corrected chi connectivity index (χ1v) is 14.2. The Kier molecular flexibility index (Phi) is 8.42. The molecule has 206 valence electrons. The van der Waals surface area contributed by atoms with Crippen molar-refractivity contribution >= 4 is 40.2 Å². The van der Waals surface area contributed by atoms with Crippen molar-refractivity contribution in [3.63, 3.8) is 0 Å². The number of likely N-dealkylation sites (tertiary alicyclic amines) is 1. The van der Waals surface area contributed by atoms with Gasteiger partial charge in [0.15, 0.2) is 0 Å². The molecule has 0 radical (unpaired) electrons. The minimum Gasteiger partial charge on any atom is -0.351 e. The summed E-state index contributed by atoms with van der Waals surface area (Å²) in [6.07, 6.45) is 0.925. The fourth-order valence-corrected chi connectivity index (χ4v) is 6.66. The highest BCUT2D eigenvalue weighted by Crippen LogP contribution is 2.37. The molecule has 1 fully saturated rings. The van der Waals surface area contributed by atoms with Gasteiger partial charge in [0, 0.05) is 39.8 Å². The lowest BCUT2D eigenvalue weighted by Crippen LogP contribution is -2.41. The number of amides is 2. The average Bonchev–Trinajstić information content (AvgIpc) is 3.15. The first-order valence-electron chi connectivity index (χ1n) is 12.9. The van der Waals surface area contributed by atoms with Gasteiger partial charge < -0.3 is 9.88 Å². The predicted octanol–water partition coefficient (Wildman–Crippen LogP) is 5.69. The van der Waals surface area contributed by atoms with Crippen molar-refractivity contribution in [3.8, 4) is 0 Å². The Bertz CT molecular complexity index is 1290. The number of benzene rings is 1. The third kappa shape index (κ3) is 5.86. The zero-order chi connectivity index (χ0) is 27.8. The molecule has 10 heteroatoms. The zero-order valence-electron chi connectivity index (χ0n) is 22.5. The third-order valence-electron chi connectivity index (χ3n) is 7.82. The number of fused-ring (bicyclic) bond motifs is 1. The summed E-state index contributed by atoms with van der Waals surface area (Å²) >= 11 is 1.48. The van der Waals surface area contributed by atoms with E-state index in [2.05, 4.69) is 21.8 Å². The van der Waals surface area contributed by atoms with E-state index in [1.54, 1.807) is 6.92 Å². The van der Waals surface area contributed by atoms with Crippen molar-refractivity contribution < 1.29 is 22.8 Å². The van der Waals surface area contributed by atoms with Gasteiger partial charge in [-0.1, -0.05) is 12.1 Å². The monoisotopic (exact) mass is 548 g/mol. The summed E-state index contributed by atoms with van der Waals surface area (Å²) in [4.78, 5) is 32.6. The fourth-order valence-electron chi connectivity index (χ4n) is 5.91. The van der Waals surface area contributed by atoms with Crippen LogP contribution in [0.15, 0.2) is 34.2 Å². The van der Waals surface area contributed by atoms with Crippen LogP contribution in [0.1, 0.15) is 54.3 Å². The first-order chi connectivity index (χ1) is 17.9. The summed E-state index contributed by atoms with van der Waals surface area (Å²) in [7, 11) is 0. The van der Waals surface area contributed by atoms with Gasteiger partial charge in [-0.3, -0.25) is 14.5 Å². The van der Waals surface area contributed by atoms with Gasteiger partial charge in [-0.05, 0) is 83.5 Å². The number of carbonyl (C=O) groups excluding carboxylic acids is 2. The van der Waals surface area contributed by atoms with Gasteiger partial charge in [-0.25, -0.2) is 4.99 Å². The van der Waals surface area contributed by atoms with Crippen LogP contribution in [-0.2, 0) is 4.79 Å². The summed E-state index contributed by atoms with van der Waals surface area (Å²) in [6.45, 7) is 7.87. The Morgan fingerprint density at radius 3 is 2.53 bits per heavy atom. The number of nitrogens with zero attached hydrogens (tertiary/aromatic N) is 3. The number of carbonyl (C=O) groups is 2. The molecule has 0 bridgehead atoms. The number of aromatic nitrogens is 1. The van der Waals surface area contributed by atoms with E-state index in [9.17, 15) is 22.8 Å². The van der Waals surface area contributed by atoms with Gasteiger partial charge in [0.2, 0.25) is 0 Å². The van der Waals surface area contributed by atoms with Crippen LogP contribution in [0.25, 0.3) is 10.9 Å². The molecule has 2 aliphatic heterocycles. The molecule has 0 spiro atoms. The van der Waals surface area contributed by atoms with Crippen molar-refractivity contribution in [2.24, 2.45) is 16.8 Å². The number of hydrogen-bond donors (Lipinski definition) is 1. The Labute approximate surface area is 225 Å². The fraction of sp³-hybridized carbons (Fsp3) is 0.536. The molecule has 3 heterocycles. The van der Waals surface area contributed by atoms with Crippen LogP contribution < -0.4 is 5.32 Å². The lowest BCUT2D eigenvalue weighted by Gasteiger charge is -2.36. The van der Waals surface area contributed by atoms with Crippen LogP contribution in [-0.4, -0.2) is 65.6 Å². The Morgan fingerprint density at radius 1 is 1.21 bits per heavy atom. The summed E-state index contributed by atoms with van der Waals surface area (Å²) in [5.41, 5.74) is 3.98. The molecule has 1 saturated heterocycles. The maximum absolute atomic E-state index is 13.6. The van der Waals surface area contributed by atoms with E-state index < -0.39 is 18.6 Å². The molecule has 4 rings (SSSR count). The predicted molar refractivity (Wildman–Crippen MR) is 147 cm³/mol. The SMILES string of the molecule is CSC1=CC(C)=NC(=O)C1CNC(=O)c1c(C)n([C@H](C)C2CCN(CC(F)(F)F)CC2)c2cccc(C)c12. The quantitative estimate of drug-likeness (QED) is 0.483. The number of nitrogens with one attached hydrogen (secondary N) is 1. The lowest BCUT2D eigenvalue weighted by molar-refractivity contribution is -0.149. The van der Waals surface area contributed by atoms with Crippen LogP contribution in [0.2, 0.25) is 0 Å². The molecule has 1 unspecified atom stereocenters. The largest absolute Gasteiger partial charge is 0.401 e. The summed E-state index contributed by atoms with van der Waals surface area (Å²) < 4.78 is 40.7. The van der Waals surface area contributed by atoms with E-state index >= 15 is 0 Å². The molecule has 1 N–H and O–H groups in total. The van der Waals surface area contributed by atoms with Crippen LogP contribution in [0.4, 0.5) is 13.2 Å². The second kappa shape index (κ2) is 11.3. The molecule has 0 aliphatic carbocycles. The molecular weight excluding hydrogens is 513 g/mol. The van der Waals surface area contributed by atoms with Crippen LogP contribution in [0.3, 0.4) is 0 Å². The van der Waals surface area contributed by atoms with Crippen molar-refractivity contribution in [1.29, 1.82) is 0 Å². The first kappa shape index (κ1) is 28.4. The van der Waals surface area contributed by atoms with Gasteiger partial charge in [-0.2, -0.15) is 13.2 Å². The van der Waals surface area contributed by atoms with E-state index in [1.165, 1.54) is 16.7 Å². The molecule has 2 atom stereocenters. The Morgan fingerprint density at radius 2 is 1.89 bits per heavy atom. The molecule has 1 aromatic heterocycles. The van der Waals surface area contributed by atoms with Crippen molar-refractivity contribution in [2.45, 2.75) is 52.8 Å². The highest BCUT2D eigenvalue weighted by atomic mass is 32.2. The molecule has 2 aliphatic rings. The molecule has 6 nitrogen and oxygen atoms in total. The topological polar surface area (TPSA) is 66.7 Å². The second-order valence-electron chi connectivity index (χ2n) is 10.4. The third-order valence-corrected chi connectivity index (χ3v) is 8.69. The van der Waals surface area contributed by atoms with E-state index in [4.69, 9.17) is 0 Å². The average molecular weight is 549 g/mol. The van der Waals surface area contributed by atoms with E-state index in [0.29, 0.717) is 37.2 Å². The van der Waals surface area contributed by atoms with Gasteiger partial charge >= 0.3 is 6.18 Å². The standard InChI is InChI=1S/C28H35F3N4O2S/c1-16-7-6-8-22-24(16)25(27(37)32-14-21-23(38-5)13-17(2)33-26(21)36)19(4)35(22)18(3)20-9-11-34(12-10-20)15-28(29,30)31/h6-8,13,18,20-21H,9-12,14-15H2,1-5H3,(H,32,37)/t18-,21?/m1/s1. The minimum atomic E-state index is -4.19. The van der Waals surface area contributed by atoms with Crippen molar-refractivity contribution in [2.75, 3.05) is 32.4 Å². The molecular formula is C28H35F3N4O2S. The molecule has 1 aromatic carbocycles. The van der Waals surface area contributed by atoms with Crippen LogP contribution >= 0.6 is 11.8 Å². The van der Waals surface area contributed by atoms with Gasteiger partial charge in [-0.15, -0.1) is 11.8 Å². The molecule has 2 aromatic rings.